The van der Waals surface area contributed by atoms with Crippen molar-refractivity contribution in [2.45, 2.75) is 65.3 Å². The summed E-state index contributed by atoms with van der Waals surface area (Å²) in [5, 5.41) is 29.2. The molecule has 2 aromatic rings. The Morgan fingerprint density at radius 3 is 2.17 bits per heavy atom. The van der Waals surface area contributed by atoms with E-state index < -0.39 is 5.60 Å². The summed E-state index contributed by atoms with van der Waals surface area (Å²) < 4.78 is 0. The van der Waals surface area contributed by atoms with Crippen LogP contribution >= 0.6 is 0 Å². The highest BCUT2D eigenvalue weighted by Gasteiger charge is 2.16. The molecule has 0 fully saturated rings. The number of benzene rings is 2. The fourth-order valence-corrected chi connectivity index (χ4v) is 3.35. The number of hydrogen-bond acceptors (Lipinski definition) is 3. The zero-order chi connectivity index (χ0) is 21.3. The Kier molecular flexibility index (Phi) is 8.84. The molecule has 0 bridgehead atoms. The van der Waals surface area contributed by atoms with E-state index in [1.54, 1.807) is 0 Å². The summed E-state index contributed by atoms with van der Waals surface area (Å²) in [7, 11) is 0. The molecule has 3 heteroatoms. The fourth-order valence-electron chi connectivity index (χ4n) is 3.35. The lowest BCUT2D eigenvalue weighted by Gasteiger charge is -2.19. The SMILES string of the molecule is CCC(O)(/C=C/C=C(\C)c1cccc(CCc2ccc(CO)c(CO)c2)c1)CC. The van der Waals surface area contributed by atoms with Gasteiger partial charge in [0.1, 0.15) is 0 Å². The Morgan fingerprint density at radius 2 is 1.55 bits per heavy atom. The van der Waals surface area contributed by atoms with E-state index in [1.807, 2.05) is 44.2 Å². The second-order valence-corrected chi connectivity index (χ2v) is 7.64. The van der Waals surface area contributed by atoms with Gasteiger partial charge in [-0.3, -0.25) is 0 Å². The number of hydrogen-bond donors (Lipinski definition) is 3. The predicted molar refractivity (Wildman–Crippen MR) is 120 cm³/mol. The first-order valence-electron chi connectivity index (χ1n) is 10.4. The first kappa shape index (κ1) is 23.1. The topological polar surface area (TPSA) is 60.7 Å². The third-order valence-electron chi connectivity index (χ3n) is 5.67. The highest BCUT2D eigenvalue weighted by atomic mass is 16.3. The van der Waals surface area contributed by atoms with Crippen molar-refractivity contribution in [3.8, 4) is 0 Å². The minimum Gasteiger partial charge on any atom is -0.392 e. The van der Waals surface area contributed by atoms with E-state index in [2.05, 4.69) is 37.3 Å². The average molecular weight is 395 g/mol. The molecule has 0 heterocycles. The number of rotatable bonds is 10. The zero-order valence-electron chi connectivity index (χ0n) is 17.9. The van der Waals surface area contributed by atoms with Gasteiger partial charge in [0.25, 0.3) is 0 Å². The second-order valence-electron chi connectivity index (χ2n) is 7.64. The smallest absolute Gasteiger partial charge is 0.0825 e. The fraction of sp³-hybridized carbons (Fsp3) is 0.385. The lowest BCUT2D eigenvalue weighted by molar-refractivity contribution is 0.0828. The molecule has 0 aromatic heterocycles. The van der Waals surface area contributed by atoms with E-state index in [0.29, 0.717) is 12.8 Å². The summed E-state index contributed by atoms with van der Waals surface area (Å²) in [6, 6.07) is 14.4. The van der Waals surface area contributed by atoms with E-state index in [1.165, 1.54) is 11.1 Å². The molecule has 0 aliphatic rings. The largest absolute Gasteiger partial charge is 0.392 e. The van der Waals surface area contributed by atoms with Gasteiger partial charge in [-0.1, -0.05) is 74.5 Å². The van der Waals surface area contributed by atoms with Crippen LogP contribution in [0.25, 0.3) is 5.57 Å². The van der Waals surface area contributed by atoms with E-state index in [-0.39, 0.29) is 13.2 Å². The zero-order valence-corrected chi connectivity index (χ0v) is 17.9. The van der Waals surface area contributed by atoms with Crippen LogP contribution in [0.15, 0.2) is 60.7 Å². The quantitative estimate of drug-likeness (QED) is 0.499. The molecule has 0 amide bonds. The maximum absolute atomic E-state index is 10.4. The Bertz CT molecular complexity index is 845. The first-order valence-corrected chi connectivity index (χ1v) is 10.4. The lowest BCUT2D eigenvalue weighted by Crippen LogP contribution is -2.22. The maximum atomic E-state index is 10.4. The van der Waals surface area contributed by atoms with Crippen LogP contribution in [0.3, 0.4) is 0 Å². The Morgan fingerprint density at radius 1 is 0.897 bits per heavy atom. The molecule has 3 N–H and O–H groups in total. The molecule has 3 nitrogen and oxygen atoms in total. The second kappa shape index (κ2) is 11.1. The summed E-state index contributed by atoms with van der Waals surface area (Å²) in [5.41, 5.74) is 5.61. The normalized spacial score (nSPS) is 12.7. The number of aryl methyl sites for hydroxylation is 2. The number of allylic oxidation sites excluding steroid dienone is 3. The van der Waals surface area contributed by atoms with Crippen molar-refractivity contribution in [2.75, 3.05) is 0 Å². The minimum absolute atomic E-state index is 0.0494. The van der Waals surface area contributed by atoms with Crippen LogP contribution in [0.4, 0.5) is 0 Å². The summed E-state index contributed by atoms with van der Waals surface area (Å²) in [6.07, 6.45) is 9.09. The Balaban J connectivity index is 2.07. The van der Waals surface area contributed by atoms with Crippen molar-refractivity contribution in [3.05, 3.63) is 88.5 Å². The molecule has 0 radical (unpaired) electrons. The van der Waals surface area contributed by atoms with E-state index in [0.717, 1.165) is 35.1 Å². The molecule has 2 rings (SSSR count). The van der Waals surface area contributed by atoms with Gasteiger partial charge in [-0.2, -0.15) is 0 Å². The molecule has 0 unspecified atom stereocenters. The van der Waals surface area contributed by atoms with Gasteiger partial charge in [0.15, 0.2) is 0 Å². The summed E-state index contributed by atoms with van der Waals surface area (Å²) >= 11 is 0. The molecule has 0 saturated heterocycles. The first-order chi connectivity index (χ1) is 13.9. The van der Waals surface area contributed by atoms with Crippen molar-refractivity contribution < 1.29 is 15.3 Å². The van der Waals surface area contributed by atoms with Crippen molar-refractivity contribution in [1.82, 2.24) is 0 Å². The minimum atomic E-state index is -0.725. The van der Waals surface area contributed by atoms with Crippen LogP contribution in [0.2, 0.25) is 0 Å². The van der Waals surface area contributed by atoms with Gasteiger partial charge in [0.05, 0.1) is 18.8 Å². The van der Waals surface area contributed by atoms with Gasteiger partial charge >= 0.3 is 0 Å². The molecule has 0 aliphatic carbocycles. The van der Waals surface area contributed by atoms with E-state index >= 15 is 0 Å². The van der Waals surface area contributed by atoms with Crippen LogP contribution in [0.5, 0.6) is 0 Å². The third-order valence-corrected chi connectivity index (χ3v) is 5.67. The highest BCUT2D eigenvalue weighted by molar-refractivity contribution is 5.65. The molecule has 156 valence electrons. The van der Waals surface area contributed by atoms with E-state index in [4.69, 9.17) is 0 Å². The van der Waals surface area contributed by atoms with E-state index in [9.17, 15) is 15.3 Å². The third kappa shape index (κ3) is 6.67. The standard InChI is InChI=1S/C26H34O3/c1-4-26(29,5-2)15-7-8-20(3)23-10-6-9-21(16-23)11-12-22-13-14-24(18-27)25(17-22)19-28/h6-10,13-17,27-29H,4-5,11-12,18-19H2,1-3H3/b15-7+,20-8+. The molecule has 2 aromatic carbocycles. The monoisotopic (exact) mass is 394 g/mol. The average Bonchev–Trinajstić information content (AvgIpc) is 2.77. The van der Waals surface area contributed by atoms with Gasteiger partial charge in [-0.15, -0.1) is 0 Å². The molecule has 0 spiro atoms. The summed E-state index contributed by atoms with van der Waals surface area (Å²) in [4.78, 5) is 0. The molecular formula is C26H34O3. The molecule has 29 heavy (non-hydrogen) atoms. The van der Waals surface area contributed by atoms with Crippen LogP contribution in [-0.2, 0) is 26.1 Å². The van der Waals surface area contributed by atoms with Crippen LogP contribution < -0.4 is 0 Å². The van der Waals surface area contributed by atoms with Crippen LogP contribution in [-0.4, -0.2) is 20.9 Å². The van der Waals surface area contributed by atoms with Gasteiger partial charge < -0.3 is 15.3 Å². The Labute approximate surface area is 175 Å². The number of aliphatic hydroxyl groups is 3. The van der Waals surface area contributed by atoms with Crippen molar-refractivity contribution >= 4 is 5.57 Å². The lowest BCUT2D eigenvalue weighted by atomic mass is 9.96. The Hall–Kier alpha value is -2.20. The molecular weight excluding hydrogens is 360 g/mol. The van der Waals surface area contributed by atoms with Crippen molar-refractivity contribution in [3.63, 3.8) is 0 Å². The summed E-state index contributed by atoms with van der Waals surface area (Å²) in [5.74, 6) is 0. The van der Waals surface area contributed by atoms with Crippen molar-refractivity contribution in [1.29, 1.82) is 0 Å². The number of aliphatic hydroxyl groups excluding tert-OH is 2. The maximum Gasteiger partial charge on any atom is 0.0825 e. The predicted octanol–water partition coefficient (Wildman–Crippen LogP) is 4.97. The summed E-state index contributed by atoms with van der Waals surface area (Å²) in [6.45, 7) is 5.97. The van der Waals surface area contributed by atoms with Gasteiger partial charge in [-0.05, 0) is 66.0 Å². The molecule has 0 aliphatic heterocycles. The van der Waals surface area contributed by atoms with Gasteiger partial charge in [0.2, 0.25) is 0 Å². The van der Waals surface area contributed by atoms with Crippen molar-refractivity contribution in [2.24, 2.45) is 0 Å². The highest BCUT2D eigenvalue weighted by Crippen LogP contribution is 2.20. The van der Waals surface area contributed by atoms with Gasteiger partial charge in [-0.25, -0.2) is 0 Å². The van der Waals surface area contributed by atoms with Crippen LogP contribution in [0, 0.1) is 0 Å². The molecule has 0 saturated carbocycles. The molecule has 0 atom stereocenters. The van der Waals surface area contributed by atoms with Crippen LogP contribution in [0.1, 0.15) is 61.4 Å². The van der Waals surface area contributed by atoms with Gasteiger partial charge in [0, 0.05) is 0 Å².